The number of nitrogens with zero attached hydrogens (tertiary/aromatic N) is 1. The fraction of sp³-hybridized carbons (Fsp3) is 0.459. The summed E-state index contributed by atoms with van der Waals surface area (Å²) >= 11 is 0. The lowest BCUT2D eigenvalue weighted by atomic mass is 9.78. The molecule has 3 aromatic carbocycles. The third-order valence-electron chi connectivity index (χ3n) is 9.14. The van der Waals surface area contributed by atoms with Crippen LogP contribution in [0.25, 0.3) is 11.1 Å². The van der Waals surface area contributed by atoms with Crippen LogP contribution in [-0.2, 0) is 29.9 Å². The fourth-order valence-corrected chi connectivity index (χ4v) is 6.95. The Morgan fingerprint density at radius 3 is 2.06 bits per heavy atom. The first-order chi connectivity index (χ1) is 22.0. The van der Waals surface area contributed by atoms with Crippen LogP contribution in [0, 0.1) is 20.8 Å². The van der Waals surface area contributed by atoms with Crippen molar-refractivity contribution in [3.63, 3.8) is 0 Å². The van der Waals surface area contributed by atoms with Crippen LogP contribution in [0.5, 0.6) is 11.5 Å². The van der Waals surface area contributed by atoms with Crippen molar-refractivity contribution >= 4 is 32.8 Å². The molecular formula is C37H50BNO7Si. The summed E-state index contributed by atoms with van der Waals surface area (Å²) in [6, 6.07) is 17.6. The van der Waals surface area contributed by atoms with Gasteiger partial charge in [-0.2, -0.15) is 0 Å². The Morgan fingerprint density at radius 2 is 1.49 bits per heavy atom. The van der Waals surface area contributed by atoms with E-state index in [-0.39, 0.29) is 24.2 Å². The molecule has 0 amide bonds. The molecule has 47 heavy (non-hydrogen) atoms. The van der Waals surface area contributed by atoms with Gasteiger partial charge in [-0.1, -0.05) is 51.1 Å². The quantitative estimate of drug-likeness (QED) is 0.209. The standard InChI is InChI=1S/C37H50BNO7Si/c1-25-20-32(42-19-18-27(3)46-47(9,10)37(5,6)7)21-26(2)36(25)33-13-11-12-29(28(33)4)24-43-31-16-14-30(15-17-31)38-44-34(40)22-39(8)23-35(41)45-38/h11-17,20-21,27H,18-19,22-24H2,1-10H3/t27-/m0/s1. The summed E-state index contributed by atoms with van der Waals surface area (Å²) in [5, 5.41) is 0.184. The maximum Gasteiger partial charge on any atom is 0.636 e. The molecule has 252 valence electrons. The average molecular weight is 660 g/mol. The molecule has 0 spiro atoms. The smallest absolute Gasteiger partial charge is 0.494 e. The van der Waals surface area contributed by atoms with Crippen LogP contribution < -0.4 is 14.9 Å². The lowest BCUT2D eigenvalue weighted by Gasteiger charge is -2.38. The minimum absolute atomic E-state index is 0.0230. The van der Waals surface area contributed by atoms with Gasteiger partial charge < -0.3 is 23.2 Å². The summed E-state index contributed by atoms with van der Waals surface area (Å²) in [6.45, 7) is 20.9. The zero-order valence-corrected chi connectivity index (χ0v) is 30.7. The minimum atomic E-state index is -1.81. The number of benzene rings is 3. The van der Waals surface area contributed by atoms with Crippen LogP contribution in [0.1, 0.15) is 56.4 Å². The normalized spacial score (nSPS) is 15.4. The van der Waals surface area contributed by atoms with Crippen LogP contribution in [0.3, 0.4) is 0 Å². The van der Waals surface area contributed by atoms with Gasteiger partial charge >= 0.3 is 19.1 Å². The average Bonchev–Trinajstić information content (AvgIpc) is 2.95. The second-order valence-corrected chi connectivity index (χ2v) is 18.9. The highest BCUT2D eigenvalue weighted by Crippen LogP contribution is 2.38. The zero-order valence-electron chi connectivity index (χ0n) is 29.7. The van der Waals surface area contributed by atoms with E-state index < -0.39 is 27.4 Å². The number of hydrogen-bond donors (Lipinski definition) is 0. The minimum Gasteiger partial charge on any atom is -0.494 e. The predicted octanol–water partition coefficient (Wildman–Crippen LogP) is 6.76. The molecule has 1 fully saturated rings. The maximum absolute atomic E-state index is 12.1. The van der Waals surface area contributed by atoms with Crippen LogP contribution in [-0.4, -0.2) is 65.1 Å². The Hall–Kier alpha value is -3.60. The Bertz CT molecular complexity index is 1520. The second-order valence-electron chi connectivity index (χ2n) is 14.2. The molecule has 4 rings (SSSR count). The van der Waals surface area contributed by atoms with E-state index in [2.05, 4.69) is 91.9 Å². The molecule has 0 unspecified atom stereocenters. The largest absolute Gasteiger partial charge is 0.636 e. The van der Waals surface area contributed by atoms with Gasteiger partial charge in [0.25, 0.3) is 0 Å². The number of hydrogen-bond acceptors (Lipinski definition) is 8. The highest BCUT2D eigenvalue weighted by molar-refractivity contribution is 6.74. The highest BCUT2D eigenvalue weighted by Gasteiger charge is 2.38. The van der Waals surface area contributed by atoms with Crippen molar-refractivity contribution < 1.29 is 32.8 Å². The third kappa shape index (κ3) is 9.49. The van der Waals surface area contributed by atoms with E-state index in [1.807, 2.05) is 0 Å². The molecule has 1 saturated heterocycles. The SMILES string of the molecule is Cc1cc(OCC[C@H](C)O[Si](C)(C)C(C)(C)C)cc(C)c1-c1cccc(COc2ccc(B3OC(=O)CN(C)CC(=O)O3)cc2)c1C. The molecule has 0 aliphatic carbocycles. The summed E-state index contributed by atoms with van der Waals surface area (Å²) < 4.78 is 29.6. The van der Waals surface area contributed by atoms with Crippen molar-refractivity contribution in [3.05, 3.63) is 76.9 Å². The molecule has 0 bridgehead atoms. The lowest BCUT2D eigenvalue weighted by Crippen LogP contribution is -2.47. The summed E-state index contributed by atoms with van der Waals surface area (Å²) in [5.74, 6) is 0.621. The summed E-state index contributed by atoms with van der Waals surface area (Å²) in [6.07, 6.45) is 0.992. The molecule has 3 aromatic rings. The molecular weight excluding hydrogens is 609 g/mol. The predicted molar refractivity (Wildman–Crippen MR) is 190 cm³/mol. The van der Waals surface area contributed by atoms with Gasteiger partial charge in [-0.25, -0.2) is 0 Å². The first-order valence-electron chi connectivity index (χ1n) is 16.3. The van der Waals surface area contributed by atoms with E-state index in [1.54, 1.807) is 36.2 Å². The van der Waals surface area contributed by atoms with Crippen LogP contribution in [0.2, 0.25) is 18.1 Å². The molecule has 1 heterocycles. The van der Waals surface area contributed by atoms with Gasteiger partial charge in [0.15, 0.2) is 8.32 Å². The molecule has 0 aromatic heterocycles. The van der Waals surface area contributed by atoms with E-state index in [9.17, 15) is 9.59 Å². The van der Waals surface area contributed by atoms with E-state index >= 15 is 0 Å². The molecule has 0 N–H and O–H groups in total. The van der Waals surface area contributed by atoms with Crippen molar-refractivity contribution in [1.29, 1.82) is 0 Å². The number of carbonyl (C=O) groups excluding carboxylic acids is 2. The molecule has 8 nitrogen and oxygen atoms in total. The number of carbonyl (C=O) groups is 2. The first-order valence-corrected chi connectivity index (χ1v) is 19.3. The highest BCUT2D eigenvalue weighted by atomic mass is 28.4. The number of likely N-dealkylation sites (N-methyl/N-ethyl adjacent to an activating group) is 1. The van der Waals surface area contributed by atoms with Crippen LogP contribution >= 0.6 is 0 Å². The number of aryl methyl sites for hydroxylation is 2. The number of ether oxygens (including phenoxy) is 2. The Balaban J connectivity index is 1.39. The van der Waals surface area contributed by atoms with Gasteiger partial charge in [0.05, 0.1) is 19.7 Å². The van der Waals surface area contributed by atoms with E-state index in [0.717, 1.165) is 40.0 Å². The van der Waals surface area contributed by atoms with E-state index in [1.165, 1.54) is 5.56 Å². The van der Waals surface area contributed by atoms with Gasteiger partial charge in [0.2, 0.25) is 0 Å². The van der Waals surface area contributed by atoms with Gasteiger partial charge in [-0.3, -0.25) is 14.5 Å². The lowest BCUT2D eigenvalue weighted by molar-refractivity contribution is -0.145. The Kier molecular flexibility index (Phi) is 11.6. The molecule has 1 aliphatic heterocycles. The van der Waals surface area contributed by atoms with Gasteiger partial charge in [-0.15, -0.1) is 0 Å². The molecule has 1 aliphatic rings. The molecule has 1 atom stereocenters. The van der Waals surface area contributed by atoms with Crippen LogP contribution in [0.15, 0.2) is 54.6 Å². The van der Waals surface area contributed by atoms with Crippen molar-refractivity contribution in [2.24, 2.45) is 0 Å². The fourth-order valence-electron chi connectivity index (χ4n) is 5.48. The van der Waals surface area contributed by atoms with Crippen molar-refractivity contribution in [2.75, 3.05) is 26.7 Å². The van der Waals surface area contributed by atoms with E-state index in [4.69, 9.17) is 23.2 Å². The Labute approximate surface area is 282 Å². The topological polar surface area (TPSA) is 83.5 Å². The first kappa shape index (κ1) is 36.2. The maximum atomic E-state index is 12.1. The summed E-state index contributed by atoms with van der Waals surface area (Å²) in [4.78, 5) is 25.8. The molecule has 0 radical (unpaired) electrons. The van der Waals surface area contributed by atoms with Crippen molar-refractivity contribution in [3.8, 4) is 22.6 Å². The van der Waals surface area contributed by atoms with Crippen molar-refractivity contribution in [2.45, 2.75) is 85.7 Å². The molecule has 10 heteroatoms. The van der Waals surface area contributed by atoms with Gasteiger partial charge in [0, 0.05) is 18.0 Å². The second kappa shape index (κ2) is 15.1. The zero-order chi connectivity index (χ0) is 34.5. The summed E-state index contributed by atoms with van der Waals surface area (Å²) in [7, 11) is -1.23. The summed E-state index contributed by atoms with van der Waals surface area (Å²) in [5.41, 5.74) is 7.47. The van der Waals surface area contributed by atoms with Gasteiger partial charge in [0.1, 0.15) is 18.1 Å². The third-order valence-corrected chi connectivity index (χ3v) is 13.7. The van der Waals surface area contributed by atoms with Gasteiger partial charge in [-0.05, 0) is 111 Å². The molecule has 0 saturated carbocycles. The number of rotatable bonds is 11. The van der Waals surface area contributed by atoms with Crippen LogP contribution in [0.4, 0.5) is 0 Å². The Morgan fingerprint density at radius 1 is 0.894 bits per heavy atom. The monoisotopic (exact) mass is 659 g/mol. The van der Waals surface area contributed by atoms with Crippen molar-refractivity contribution in [1.82, 2.24) is 4.90 Å². The van der Waals surface area contributed by atoms with E-state index in [0.29, 0.717) is 24.4 Å².